The molecular weight excluding hydrogens is 269 g/mol. The van der Waals surface area contributed by atoms with Gasteiger partial charge in [-0.1, -0.05) is 23.7 Å². The van der Waals surface area contributed by atoms with Gasteiger partial charge in [0.1, 0.15) is 11.5 Å². The second-order valence-electron chi connectivity index (χ2n) is 3.71. The number of rotatable bonds is 3. The normalized spacial score (nSPS) is 10.1. The molecule has 0 unspecified atom stereocenters. The topological polar surface area (TPSA) is 54.0 Å². The van der Waals surface area contributed by atoms with Gasteiger partial charge in [0.2, 0.25) is 0 Å². The number of hydrogen-bond donors (Lipinski definition) is 2. The van der Waals surface area contributed by atoms with Crippen LogP contribution in [-0.2, 0) is 0 Å². The van der Waals surface area contributed by atoms with E-state index in [0.29, 0.717) is 5.82 Å². The first-order chi connectivity index (χ1) is 9.11. The monoisotopic (exact) mass is 279 g/mol. The molecule has 1 aromatic heterocycles. The average Bonchev–Trinajstić information content (AvgIpc) is 2.44. The quantitative estimate of drug-likeness (QED) is 0.907. The van der Waals surface area contributed by atoms with Gasteiger partial charge in [-0.05, 0) is 24.3 Å². The molecule has 4 nitrogen and oxygen atoms in total. The van der Waals surface area contributed by atoms with Crippen molar-refractivity contribution in [2.45, 2.75) is 0 Å². The van der Waals surface area contributed by atoms with Crippen LogP contribution in [0.4, 0.5) is 15.9 Å². The summed E-state index contributed by atoms with van der Waals surface area (Å²) in [4.78, 5) is 16.0. The molecule has 2 aromatic rings. The molecule has 2 N–H and O–H groups in total. The third-order valence-corrected chi connectivity index (χ3v) is 2.73. The van der Waals surface area contributed by atoms with E-state index in [0.717, 1.165) is 0 Å². The summed E-state index contributed by atoms with van der Waals surface area (Å²) < 4.78 is 13.6. The predicted molar refractivity (Wildman–Crippen MR) is 73.1 cm³/mol. The number of hydrogen-bond acceptors (Lipinski definition) is 3. The highest BCUT2D eigenvalue weighted by Gasteiger charge is 2.12. The van der Waals surface area contributed by atoms with Crippen molar-refractivity contribution >= 4 is 29.0 Å². The van der Waals surface area contributed by atoms with Crippen molar-refractivity contribution in [3.05, 3.63) is 52.9 Å². The molecule has 1 amide bonds. The van der Waals surface area contributed by atoms with Gasteiger partial charge in [0.15, 0.2) is 5.82 Å². The highest BCUT2D eigenvalue weighted by molar-refractivity contribution is 6.31. The minimum Gasteiger partial charge on any atom is -0.373 e. The third kappa shape index (κ3) is 3.00. The number of carbonyl (C=O) groups excluding carboxylic acids is 1. The van der Waals surface area contributed by atoms with E-state index in [1.165, 1.54) is 12.1 Å². The van der Waals surface area contributed by atoms with Crippen molar-refractivity contribution in [3.63, 3.8) is 0 Å². The lowest BCUT2D eigenvalue weighted by Gasteiger charge is -2.07. The van der Waals surface area contributed by atoms with Gasteiger partial charge in [0.05, 0.1) is 10.7 Å². The molecule has 19 heavy (non-hydrogen) atoms. The summed E-state index contributed by atoms with van der Waals surface area (Å²) in [6.07, 6.45) is 0. The van der Waals surface area contributed by atoms with E-state index in [4.69, 9.17) is 11.6 Å². The number of benzene rings is 1. The third-order valence-electron chi connectivity index (χ3n) is 2.44. The molecular formula is C13H11ClFN3O. The zero-order valence-corrected chi connectivity index (χ0v) is 10.8. The lowest BCUT2D eigenvalue weighted by Crippen LogP contribution is -2.15. The van der Waals surface area contributed by atoms with Crippen molar-refractivity contribution < 1.29 is 9.18 Å². The van der Waals surface area contributed by atoms with Gasteiger partial charge in [0.25, 0.3) is 5.91 Å². The Balaban J connectivity index is 2.23. The van der Waals surface area contributed by atoms with E-state index < -0.39 is 11.7 Å². The van der Waals surface area contributed by atoms with Gasteiger partial charge in [-0.25, -0.2) is 9.37 Å². The molecule has 2 rings (SSSR count). The van der Waals surface area contributed by atoms with E-state index in [-0.39, 0.29) is 16.4 Å². The van der Waals surface area contributed by atoms with Crippen LogP contribution in [0.2, 0.25) is 5.02 Å². The predicted octanol–water partition coefficient (Wildman–Crippen LogP) is 3.17. The molecule has 0 aliphatic carbocycles. The summed E-state index contributed by atoms with van der Waals surface area (Å²) in [6, 6.07) is 9.34. The summed E-state index contributed by atoms with van der Waals surface area (Å²) in [6.45, 7) is 0. The Hall–Kier alpha value is -2.14. The van der Waals surface area contributed by atoms with E-state index >= 15 is 0 Å². The fourth-order valence-electron chi connectivity index (χ4n) is 1.49. The lowest BCUT2D eigenvalue weighted by molar-refractivity contribution is 0.102. The number of halogens is 2. The van der Waals surface area contributed by atoms with Gasteiger partial charge >= 0.3 is 0 Å². The van der Waals surface area contributed by atoms with Gasteiger partial charge in [-0.3, -0.25) is 4.79 Å². The molecule has 0 aliphatic rings. The Morgan fingerprint density at radius 3 is 2.74 bits per heavy atom. The van der Waals surface area contributed by atoms with Crippen LogP contribution in [0.25, 0.3) is 0 Å². The largest absolute Gasteiger partial charge is 0.373 e. The minimum absolute atomic E-state index is 0.0224. The van der Waals surface area contributed by atoms with Crippen LogP contribution in [0.15, 0.2) is 36.4 Å². The number of anilines is 2. The van der Waals surface area contributed by atoms with Crippen LogP contribution >= 0.6 is 11.6 Å². The van der Waals surface area contributed by atoms with Crippen molar-refractivity contribution in [1.29, 1.82) is 0 Å². The summed E-state index contributed by atoms with van der Waals surface area (Å²) >= 11 is 5.64. The maximum Gasteiger partial charge on any atom is 0.274 e. The van der Waals surface area contributed by atoms with E-state index in [1.54, 1.807) is 31.3 Å². The Bertz CT molecular complexity index is 619. The van der Waals surface area contributed by atoms with E-state index in [2.05, 4.69) is 15.6 Å². The first-order valence-corrected chi connectivity index (χ1v) is 5.90. The fraction of sp³-hybridized carbons (Fsp3) is 0.0769. The van der Waals surface area contributed by atoms with Crippen molar-refractivity contribution in [2.75, 3.05) is 17.7 Å². The summed E-state index contributed by atoms with van der Waals surface area (Å²) in [5, 5.41) is 5.20. The van der Waals surface area contributed by atoms with Crippen LogP contribution < -0.4 is 10.6 Å². The van der Waals surface area contributed by atoms with Crippen LogP contribution in [0.3, 0.4) is 0 Å². The summed E-state index contributed by atoms with van der Waals surface area (Å²) in [7, 11) is 1.70. The Kier molecular flexibility index (Phi) is 3.97. The first kappa shape index (κ1) is 13.3. The maximum atomic E-state index is 13.6. The lowest BCUT2D eigenvalue weighted by atomic mass is 10.2. The minimum atomic E-state index is -0.665. The first-order valence-electron chi connectivity index (χ1n) is 5.52. The van der Waals surface area contributed by atoms with E-state index in [9.17, 15) is 9.18 Å². The van der Waals surface area contributed by atoms with Crippen molar-refractivity contribution in [3.8, 4) is 0 Å². The molecule has 0 radical (unpaired) electrons. The fourth-order valence-corrected chi connectivity index (χ4v) is 1.66. The van der Waals surface area contributed by atoms with Crippen molar-refractivity contribution in [1.82, 2.24) is 4.98 Å². The molecule has 98 valence electrons. The zero-order valence-electron chi connectivity index (χ0n) is 10.1. The van der Waals surface area contributed by atoms with Crippen LogP contribution in [0.5, 0.6) is 0 Å². The smallest absolute Gasteiger partial charge is 0.274 e. The van der Waals surface area contributed by atoms with Crippen LogP contribution in [0.1, 0.15) is 10.5 Å². The second-order valence-corrected chi connectivity index (χ2v) is 4.12. The summed E-state index contributed by atoms with van der Waals surface area (Å²) in [5.74, 6) is -0.611. The molecule has 1 aromatic carbocycles. The molecule has 0 aliphatic heterocycles. The van der Waals surface area contributed by atoms with E-state index in [1.807, 2.05) is 0 Å². The van der Waals surface area contributed by atoms with Crippen LogP contribution in [0, 0.1) is 5.82 Å². The van der Waals surface area contributed by atoms with Gasteiger partial charge in [0, 0.05) is 7.05 Å². The molecule has 0 saturated carbocycles. The second kappa shape index (κ2) is 5.67. The number of carbonyl (C=O) groups is 1. The molecule has 1 heterocycles. The number of pyridine rings is 1. The highest BCUT2D eigenvalue weighted by atomic mass is 35.5. The molecule has 0 spiro atoms. The number of nitrogens with zero attached hydrogens (tertiary/aromatic N) is 1. The molecule has 0 bridgehead atoms. The highest BCUT2D eigenvalue weighted by Crippen LogP contribution is 2.22. The van der Waals surface area contributed by atoms with Crippen molar-refractivity contribution in [2.24, 2.45) is 0 Å². The molecule has 0 atom stereocenters. The SMILES string of the molecule is CNc1cccc(C(=O)Nc2cccc(Cl)c2F)n1. The molecule has 0 saturated heterocycles. The molecule has 0 fully saturated rings. The Morgan fingerprint density at radius 1 is 1.26 bits per heavy atom. The van der Waals surface area contributed by atoms with Crippen LogP contribution in [-0.4, -0.2) is 17.9 Å². The maximum absolute atomic E-state index is 13.6. The van der Waals surface area contributed by atoms with Gasteiger partial charge < -0.3 is 10.6 Å². The summed E-state index contributed by atoms with van der Waals surface area (Å²) in [5.41, 5.74) is 0.209. The Morgan fingerprint density at radius 2 is 2.00 bits per heavy atom. The number of aromatic nitrogens is 1. The number of amides is 1. The average molecular weight is 280 g/mol. The Labute approximate surface area is 114 Å². The van der Waals surface area contributed by atoms with Gasteiger partial charge in [-0.15, -0.1) is 0 Å². The molecule has 6 heteroatoms. The standard InChI is InChI=1S/C13H11ClFN3O/c1-16-11-7-3-6-10(17-11)13(19)18-9-5-2-4-8(14)12(9)15/h2-7H,1H3,(H,16,17)(H,18,19). The number of nitrogens with one attached hydrogen (secondary N) is 2. The van der Waals surface area contributed by atoms with Gasteiger partial charge in [-0.2, -0.15) is 0 Å². The zero-order chi connectivity index (χ0) is 13.8.